The molecule has 4 nitrogen and oxygen atoms in total. The van der Waals surface area contributed by atoms with Crippen molar-refractivity contribution in [2.24, 2.45) is 0 Å². The molecule has 0 aliphatic carbocycles. The van der Waals surface area contributed by atoms with Gasteiger partial charge in [-0.2, -0.15) is 0 Å². The summed E-state index contributed by atoms with van der Waals surface area (Å²) < 4.78 is 4.84. The van der Waals surface area contributed by atoms with E-state index in [2.05, 4.69) is 5.32 Å². The molecule has 0 unspecified atom stereocenters. The van der Waals surface area contributed by atoms with E-state index >= 15 is 0 Å². The molecule has 0 radical (unpaired) electrons. The van der Waals surface area contributed by atoms with Gasteiger partial charge in [-0.15, -0.1) is 11.3 Å². The first-order chi connectivity index (χ1) is 6.69. The maximum atomic E-state index is 11.4. The van der Waals surface area contributed by atoms with Gasteiger partial charge >= 0.3 is 5.97 Å². The van der Waals surface area contributed by atoms with Crippen LogP contribution in [-0.2, 0) is 9.53 Å². The Morgan fingerprint density at radius 1 is 1.71 bits per heavy atom. The quantitative estimate of drug-likeness (QED) is 0.613. The highest BCUT2D eigenvalue weighted by Gasteiger charge is 2.15. The largest absolute Gasteiger partial charge is 0.462 e. The molecule has 1 aromatic heterocycles. The minimum atomic E-state index is -0.402. The van der Waals surface area contributed by atoms with Crippen molar-refractivity contribution in [3.8, 4) is 0 Å². The lowest BCUT2D eigenvalue weighted by atomic mass is 10.3. The Labute approximate surface area is 85.9 Å². The molecule has 0 saturated carbocycles. The number of carbonyl (C=O) groups is 2. The Morgan fingerprint density at radius 3 is 3.00 bits per heavy atom. The lowest BCUT2D eigenvalue weighted by Gasteiger charge is -2.01. The van der Waals surface area contributed by atoms with E-state index in [1.165, 1.54) is 11.3 Å². The molecule has 0 spiro atoms. The smallest absolute Gasteiger partial charge is 0.341 e. The highest BCUT2D eigenvalue weighted by atomic mass is 32.1. The van der Waals surface area contributed by atoms with Crippen LogP contribution in [0.1, 0.15) is 22.2 Å². The summed E-state index contributed by atoms with van der Waals surface area (Å²) >= 11 is 1.35. The van der Waals surface area contributed by atoms with Gasteiger partial charge in [0.25, 0.3) is 0 Å². The van der Waals surface area contributed by atoms with Gasteiger partial charge in [0.1, 0.15) is 5.00 Å². The van der Waals surface area contributed by atoms with Crippen LogP contribution < -0.4 is 5.32 Å². The number of anilines is 1. The van der Waals surface area contributed by atoms with Crippen LogP contribution >= 0.6 is 11.3 Å². The van der Waals surface area contributed by atoms with E-state index in [9.17, 15) is 9.59 Å². The van der Waals surface area contributed by atoms with Crippen LogP contribution in [0, 0.1) is 6.92 Å². The van der Waals surface area contributed by atoms with E-state index in [0.29, 0.717) is 23.6 Å². The van der Waals surface area contributed by atoms with Crippen molar-refractivity contribution in [1.29, 1.82) is 0 Å². The Hall–Kier alpha value is -1.36. The molecule has 5 heteroatoms. The molecule has 0 saturated heterocycles. The Balaban J connectivity index is 2.93. The predicted molar refractivity (Wildman–Crippen MR) is 54.7 cm³/mol. The summed E-state index contributed by atoms with van der Waals surface area (Å²) in [7, 11) is 0. The van der Waals surface area contributed by atoms with Crippen LogP contribution in [0.5, 0.6) is 0 Å². The summed E-state index contributed by atoms with van der Waals surface area (Å²) in [5, 5.41) is 3.01. The fourth-order valence-electron chi connectivity index (χ4n) is 1.04. The fraction of sp³-hybridized carbons (Fsp3) is 0.333. The van der Waals surface area contributed by atoms with Crippen LogP contribution in [0.3, 0.4) is 0 Å². The monoisotopic (exact) mass is 213 g/mol. The molecule has 0 atom stereocenters. The van der Waals surface area contributed by atoms with E-state index in [-0.39, 0.29) is 0 Å². The number of aryl methyl sites for hydroxylation is 1. The van der Waals surface area contributed by atoms with Crippen molar-refractivity contribution in [2.75, 3.05) is 11.9 Å². The molecular weight excluding hydrogens is 202 g/mol. The topological polar surface area (TPSA) is 55.4 Å². The lowest BCUT2D eigenvalue weighted by Crippen LogP contribution is -2.06. The van der Waals surface area contributed by atoms with Crippen molar-refractivity contribution in [1.82, 2.24) is 0 Å². The lowest BCUT2D eigenvalue weighted by molar-refractivity contribution is -0.105. The third kappa shape index (κ3) is 2.32. The van der Waals surface area contributed by atoms with Gasteiger partial charge in [0.2, 0.25) is 6.41 Å². The molecule has 1 N–H and O–H groups in total. The number of thiophene rings is 1. The zero-order chi connectivity index (χ0) is 10.6. The molecule has 0 aliphatic heterocycles. The third-order valence-corrected chi connectivity index (χ3v) is 2.52. The number of hydrogen-bond acceptors (Lipinski definition) is 4. The van der Waals surface area contributed by atoms with Crippen molar-refractivity contribution in [3.63, 3.8) is 0 Å². The first-order valence-corrected chi connectivity index (χ1v) is 4.98. The molecule has 1 aromatic rings. The van der Waals surface area contributed by atoms with Crippen LogP contribution in [0.25, 0.3) is 0 Å². The molecule has 0 bridgehead atoms. The Morgan fingerprint density at radius 2 is 2.43 bits per heavy atom. The second kappa shape index (κ2) is 4.76. The van der Waals surface area contributed by atoms with E-state index < -0.39 is 5.97 Å². The zero-order valence-corrected chi connectivity index (χ0v) is 8.81. The average Bonchev–Trinajstić information content (AvgIpc) is 2.48. The van der Waals surface area contributed by atoms with Gasteiger partial charge in [0, 0.05) is 4.88 Å². The van der Waals surface area contributed by atoms with Crippen molar-refractivity contribution in [2.45, 2.75) is 13.8 Å². The minimum Gasteiger partial charge on any atom is -0.462 e. The third-order valence-electron chi connectivity index (χ3n) is 1.54. The molecule has 1 rings (SSSR count). The first-order valence-electron chi connectivity index (χ1n) is 4.16. The molecule has 1 heterocycles. The summed E-state index contributed by atoms with van der Waals surface area (Å²) in [5.74, 6) is -0.402. The van der Waals surface area contributed by atoms with Crippen LogP contribution in [-0.4, -0.2) is 19.0 Å². The minimum absolute atomic E-state index is 0.328. The van der Waals surface area contributed by atoms with Gasteiger partial charge in [-0.3, -0.25) is 4.79 Å². The first kappa shape index (κ1) is 10.7. The number of amides is 1. The molecule has 14 heavy (non-hydrogen) atoms. The normalized spacial score (nSPS) is 9.57. The number of hydrogen-bond donors (Lipinski definition) is 1. The van der Waals surface area contributed by atoms with E-state index in [1.54, 1.807) is 13.0 Å². The van der Waals surface area contributed by atoms with Gasteiger partial charge in [-0.05, 0) is 19.9 Å². The van der Waals surface area contributed by atoms with Crippen molar-refractivity contribution < 1.29 is 14.3 Å². The summed E-state index contributed by atoms with van der Waals surface area (Å²) in [6.45, 7) is 3.93. The molecule has 0 fully saturated rings. The van der Waals surface area contributed by atoms with E-state index in [0.717, 1.165) is 4.88 Å². The summed E-state index contributed by atoms with van der Waals surface area (Å²) in [6.07, 6.45) is 0.550. The van der Waals surface area contributed by atoms with Gasteiger partial charge in [-0.25, -0.2) is 4.79 Å². The van der Waals surface area contributed by atoms with Gasteiger partial charge in [0.05, 0.1) is 12.2 Å². The number of carbonyl (C=O) groups excluding carboxylic acids is 2. The van der Waals surface area contributed by atoms with Gasteiger partial charge in [-0.1, -0.05) is 0 Å². The van der Waals surface area contributed by atoms with Gasteiger partial charge < -0.3 is 10.1 Å². The van der Waals surface area contributed by atoms with Gasteiger partial charge in [0.15, 0.2) is 0 Å². The molecule has 1 amide bonds. The van der Waals surface area contributed by atoms with Crippen LogP contribution in [0.4, 0.5) is 5.00 Å². The number of rotatable bonds is 4. The number of ether oxygens (including phenoxy) is 1. The standard InChI is InChI=1S/C9H11NO3S/c1-3-13-9(12)7-4-6(2)14-8(7)10-5-11/h4-5H,3H2,1-2H3,(H,10,11). The average molecular weight is 213 g/mol. The Bertz CT molecular complexity index is 346. The number of nitrogens with one attached hydrogen (secondary N) is 1. The second-order valence-corrected chi connectivity index (χ2v) is 3.84. The fourth-order valence-corrected chi connectivity index (χ4v) is 1.89. The number of esters is 1. The summed E-state index contributed by atoms with van der Waals surface area (Å²) in [4.78, 5) is 22.6. The highest BCUT2D eigenvalue weighted by molar-refractivity contribution is 7.16. The summed E-state index contributed by atoms with van der Waals surface area (Å²) in [5.41, 5.74) is 0.418. The van der Waals surface area contributed by atoms with E-state index in [4.69, 9.17) is 4.74 Å². The molecular formula is C9H11NO3S. The van der Waals surface area contributed by atoms with Crippen molar-refractivity contribution in [3.05, 3.63) is 16.5 Å². The maximum absolute atomic E-state index is 11.4. The Kier molecular flexibility index (Phi) is 3.64. The summed E-state index contributed by atoms with van der Waals surface area (Å²) in [6, 6.07) is 1.70. The molecule has 0 aliphatic rings. The molecule has 0 aromatic carbocycles. The predicted octanol–water partition coefficient (Wildman–Crippen LogP) is 1.80. The molecule has 76 valence electrons. The highest BCUT2D eigenvalue weighted by Crippen LogP contribution is 2.27. The SMILES string of the molecule is CCOC(=O)c1cc(C)sc1NC=O. The van der Waals surface area contributed by atoms with Crippen LogP contribution in [0.2, 0.25) is 0 Å². The van der Waals surface area contributed by atoms with Crippen molar-refractivity contribution >= 4 is 28.7 Å². The zero-order valence-electron chi connectivity index (χ0n) is 7.99. The maximum Gasteiger partial charge on any atom is 0.341 e. The van der Waals surface area contributed by atoms with E-state index in [1.807, 2.05) is 6.92 Å². The van der Waals surface area contributed by atoms with Crippen LogP contribution in [0.15, 0.2) is 6.07 Å². The second-order valence-electron chi connectivity index (χ2n) is 2.58.